The molecule has 1 aliphatic carbocycles. The largest absolute Gasteiger partial charge is 0.398 e. The third kappa shape index (κ3) is 1.30. The molecular formula is C10H13ClN4. The third-order valence-electron chi connectivity index (χ3n) is 2.77. The van der Waals surface area contributed by atoms with Crippen LogP contribution in [0.25, 0.3) is 0 Å². The van der Waals surface area contributed by atoms with Crippen molar-refractivity contribution < 1.29 is 0 Å². The van der Waals surface area contributed by atoms with E-state index in [1.165, 1.54) is 11.3 Å². The Hall–Kier alpha value is -1.23. The Labute approximate surface area is 94.4 Å². The number of hydrogen-bond donors (Lipinski definition) is 3. The second-order valence-electron chi connectivity index (χ2n) is 3.63. The standard InChI is InChI=1S/C10H12N4.ClH/c11-9-8-5-4-6-2-1-3-7(6)14(8)13-10(9)12;/h1,3-5,10,13H,2,11-12H2;1H. The van der Waals surface area contributed by atoms with Gasteiger partial charge in [0.25, 0.3) is 0 Å². The van der Waals surface area contributed by atoms with E-state index in [0.717, 1.165) is 12.1 Å². The predicted octanol–water partition coefficient (Wildman–Crippen LogP) is 0.467. The number of nitrogens with one attached hydrogen (secondary N) is 1. The molecule has 0 aromatic heterocycles. The highest BCUT2D eigenvalue weighted by Gasteiger charge is 2.30. The number of halogens is 1. The maximum atomic E-state index is 5.87. The maximum absolute atomic E-state index is 5.87. The average molecular weight is 225 g/mol. The van der Waals surface area contributed by atoms with Gasteiger partial charge in [0.2, 0.25) is 0 Å². The Morgan fingerprint density at radius 2 is 2.07 bits per heavy atom. The number of hydrogen-bond acceptors (Lipinski definition) is 4. The normalized spacial score (nSPS) is 27.0. The van der Waals surface area contributed by atoms with Crippen LogP contribution in [0, 0.1) is 0 Å². The topological polar surface area (TPSA) is 67.3 Å². The summed E-state index contributed by atoms with van der Waals surface area (Å²) in [5, 5.41) is 1.97. The van der Waals surface area contributed by atoms with Gasteiger partial charge in [-0.1, -0.05) is 12.2 Å². The molecular weight excluding hydrogens is 212 g/mol. The molecule has 0 spiro atoms. The lowest BCUT2D eigenvalue weighted by Crippen LogP contribution is -2.43. The van der Waals surface area contributed by atoms with E-state index in [9.17, 15) is 0 Å². The molecule has 0 bridgehead atoms. The summed E-state index contributed by atoms with van der Waals surface area (Å²) in [6.07, 6.45) is 9.08. The highest BCUT2D eigenvalue weighted by Crippen LogP contribution is 2.33. The second-order valence-corrected chi connectivity index (χ2v) is 3.63. The van der Waals surface area contributed by atoms with E-state index in [1.807, 2.05) is 11.1 Å². The third-order valence-corrected chi connectivity index (χ3v) is 2.77. The summed E-state index contributed by atoms with van der Waals surface area (Å²) in [6, 6.07) is 0. The number of rotatable bonds is 0. The van der Waals surface area contributed by atoms with Crippen LogP contribution in [-0.4, -0.2) is 11.2 Å². The van der Waals surface area contributed by atoms with Crippen molar-refractivity contribution in [2.24, 2.45) is 11.5 Å². The maximum Gasteiger partial charge on any atom is 0.115 e. The Morgan fingerprint density at radius 3 is 2.87 bits per heavy atom. The highest BCUT2D eigenvalue weighted by molar-refractivity contribution is 5.85. The van der Waals surface area contributed by atoms with E-state index in [2.05, 4.69) is 23.7 Å². The van der Waals surface area contributed by atoms with Crippen LogP contribution in [0.5, 0.6) is 0 Å². The molecule has 80 valence electrons. The van der Waals surface area contributed by atoms with Crippen LogP contribution in [0.4, 0.5) is 0 Å². The Kier molecular flexibility index (Phi) is 2.34. The smallest absolute Gasteiger partial charge is 0.115 e. The number of allylic oxidation sites excluding steroid dienone is 5. The predicted molar refractivity (Wildman–Crippen MR) is 61.3 cm³/mol. The van der Waals surface area contributed by atoms with Crippen molar-refractivity contribution in [3.05, 3.63) is 47.0 Å². The van der Waals surface area contributed by atoms with Crippen LogP contribution in [0.2, 0.25) is 0 Å². The Balaban J connectivity index is 0.000000853. The monoisotopic (exact) mass is 224 g/mol. The van der Waals surface area contributed by atoms with Gasteiger partial charge in [0.15, 0.2) is 0 Å². The second kappa shape index (κ2) is 3.41. The molecule has 5 N–H and O–H groups in total. The van der Waals surface area contributed by atoms with Crippen molar-refractivity contribution >= 4 is 12.4 Å². The number of nitrogens with two attached hydrogens (primary N) is 2. The fourth-order valence-corrected chi connectivity index (χ4v) is 2.00. The van der Waals surface area contributed by atoms with Gasteiger partial charge in [0.05, 0.1) is 17.1 Å². The molecule has 2 aliphatic heterocycles. The van der Waals surface area contributed by atoms with Gasteiger partial charge in [0, 0.05) is 0 Å². The van der Waals surface area contributed by atoms with Gasteiger partial charge in [-0.05, 0) is 24.1 Å². The summed E-state index contributed by atoms with van der Waals surface area (Å²) in [5.41, 5.74) is 19.0. The summed E-state index contributed by atoms with van der Waals surface area (Å²) >= 11 is 0. The molecule has 2 heterocycles. The minimum absolute atomic E-state index is 0. The van der Waals surface area contributed by atoms with Gasteiger partial charge in [-0.15, -0.1) is 12.4 Å². The zero-order valence-corrected chi connectivity index (χ0v) is 8.92. The average Bonchev–Trinajstić information content (AvgIpc) is 2.73. The fourth-order valence-electron chi connectivity index (χ4n) is 2.00. The first-order chi connectivity index (χ1) is 6.77. The van der Waals surface area contributed by atoms with E-state index in [-0.39, 0.29) is 18.6 Å². The minimum atomic E-state index is -0.268. The first-order valence-corrected chi connectivity index (χ1v) is 4.66. The number of nitrogens with zero attached hydrogens (tertiary/aromatic N) is 1. The summed E-state index contributed by atoms with van der Waals surface area (Å²) in [5.74, 6) is 0. The van der Waals surface area contributed by atoms with Gasteiger partial charge < -0.3 is 11.5 Å². The van der Waals surface area contributed by atoms with Crippen molar-refractivity contribution in [2.45, 2.75) is 12.6 Å². The molecule has 3 aliphatic rings. The molecule has 0 radical (unpaired) electrons. The van der Waals surface area contributed by atoms with Gasteiger partial charge in [-0.25, -0.2) is 5.43 Å². The fraction of sp³-hybridized carbons (Fsp3) is 0.200. The molecule has 0 amide bonds. The van der Waals surface area contributed by atoms with Crippen molar-refractivity contribution in [2.75, 3.05) is 0 Å². The van der Waals surface area contributed by atoms with E-state index < -0.39 is 0 Å². The lowest BCUT2D eigenvalue weighted by atomic mass is 10.1. The summed E-state index contributed by atoms with van der Waals surface area (Å²) < 4.78 is 0. The number of fused-ring (bicyclic) bond motifs is 2. The van der Waals surface area contributed by atoms with E-state index in [0.29, 0.717) is 5.70 Å². The summed E-state index contributed by atoms with van der Waals surface area (Å²) in [4.78, 5) is 0. The Bertz CT molecular complexity index is 419. The van der Waals surface area contributed by atoms with Crippen LogP contribution >= 0.6 is 12.4 Å². The molecule has 3 rings (SSSR count). The lowest BCUT2D eigenvalue weighted by Gasteiger charge is -2.25. The van der Waals surface area contributed by atoms with E-state index in [4.69, 9.17) is 11.5 Å². The molecule has 1 unspecified atom stereocenters. The zero-order valence-electron chi connectivity index (χ0n) is 8.10. The van der Waals surface area contributed by atoms with Crippen LogP contribution in [-0.2, 0) is 0 Å². The first kappa shape index (κ1) is 10.3. The van der Waals surface area contributed by atoms with Crippen molar-refractivity contribution in [1.29, 1.82) is 0 Å². The molecule has 0 saturated heterocycles. The molecule has 5 heteroatoms. The molecule has 0 fully saturated rings. The molecule has 0 aromatic rings. The van der Waals surface area contributed by atoms with Crippen LogP contribution < -0.4 is 16.9 Å². The number of hydrazine groups is 1. The van der Waals surface area contributed by atoms with Crippen LogP contribution in [0.1, 0.15) is 6.42 Å². The van der Waals surface area contributed by atoms with Crippen LogP contribution in [0.3, 0.4) is 0 Å². The quantitative estimate of drug-likeness (QED) is 0.560. The van der Waals surface area contributed by atoms with Crippen LogP contribution in [0.15, 0.2) is 47.0 Å². The summed E-state index contributed by atoms with van der Waals surface area (Å²) in [7, 11) is 0. The zero-order chi connectivity index (χ0) is 9.71. The van der Waals surface area contributed by atoms with Gasteiger partial charge >= 0.3 is 0 Å². The SMILES string of the molecule is Cl.NC1=C2C=CC3=C(C=CC3)N2NC1N. The van der Waals surface area contributed by atoms with Crippen molar-refractivity contribution in [3.8, 4) is 0 Å². The molecule has 0 aromatic carbocycles. The first-order valence-electron chi connectivity index (χ1n) is 4.66. The molecule has 0 saturated carbocycles. The molecule has 15 heavy (non-hydrogen) atoms. The van der Waals surface area contributed by atoms with Crippen molar-refractivity contribution in [1.82, 2.24) is 10.4 Å². The molecule has 4 nitrogen and oxygen atoms in total. The van der Waals surface area contributed by atoms with Gasteiger partial charge in [-0.2, -0.15) is 0 Å². The minimum Gasteiger partial charge on any atom is -0.398 e. The van der Waals surface area contributed by atoms with E-state index in [1.54, 1.807) is 0 Å². The molecule has 1 atom stereocenters. The highest BCUT2D eigenvalue weighted by atomic mass is 35.5. The summed E-state index contributed by atoms with van der Waals surface area (Å²) in [6.45, 7) is 0. The van der Waals surface area contributed by atoms with Gasteiger partial charge in [0.1, 0.15) is 6.17 Å². The lowest BCUT2D eigenvalue weighted by molar-refractivity contribution is 0.331. The van der Waals surface area contributed by atoms with Crippen molar-refractivity contribution in [3.63, 3.8) is 0 Å². The van der Waals surface area contributed by atoms with Gasteiger partial charge in [-0.3, -0.25) is 5.01 Å². The van der Waals surface area contributed by atoms with E-state index >= 15 is 0 Å². The Morgan fingerprint density at radius 1 is 1.27 bits per heavy atom.